The molecule has 3 rings (SSSR count). The van der Waals surface area contributed by atoms with E-state index in [-0.39, 0.29) is 0 Å². The van der Waals surface area contributed by atoms with Crippen molar-refractivity contribution in [2.75, 3.05) is 6.54 Å². The van der Waals surface area contributed by atoms with E-state index in [1.807, 2.05) is 47.5 Å². The van der Waals surface area contributed by atoms with E-state index in [2.05, 4.69) is 35.7 Å². The summed E-state index contributed by atoms with van der Waals surface area (Å²) in [6.07, 6.45) is 3.49. The average molecular weight is 337 g/mol. The molecule has 3 aromatic rings. The molecule has 0 radical (unpaired) electrons. The molecule has 0 atom stereocenters. The zero-order valence-electron chi connectivity index (χ0n) is 13.8. The number of aromatic nitrogens is 1. The molecule has 2 heterocycles. The van der Waals surface area contributed by atoms with E-state index < -0.39 is 0 Å². The largest absolute Gasteiger partial charge is 0.463 e. The normalized spacial score (nSPS) is 12.2. The van der Waals surface area contributed by atoms with Gasteiger partial charge >= 0.3 is 0 Å². The van der Waals surface area contributed by atoms with Crippen LogP contribution in [0.3, 0.4) is 0 Å². The molecule has 4 nitrogen and oxygen atoms in total. The van der Waals surface area contributed by atoms with Gasteiger partial charge in [0.2, 0.25) is 4.80 Å². The molecule has 1 aromatic carbocycles. The first-order valence-corrected chi connectivity index (χ1v) is 8.52. The second-order valence-electron chi connectivity index (χ2n) is 5.62. The second-order valence-corrected chi connectivity index (χ2v) is 6.46. The van der Waals surface area contributed by atoms with E-state index in [1.54, 1.807) is 6.26 Å². The Kier molecular flexibility index (Phi) is 4.91. The van der Waals surface area contributed by atoms with E-state index in [9.17, 15) is 0 Å². The molecule has 2 aromatic heterocycles. The third-order valence-corrected chi connectivity index (χ3v) is 4.20. The van der Waals surface area contributed by atoms with E-state index in [0.29, 0.717) is 6.54 Å². The standard InChI is InChI=1S/C19H19N3OS/c1-14(2)11-20-19-22(17(13-24-19)18-5-4-10-23-18)21-12-16-8-6-15(3)7-9-16/h4-10,12-13H,1,11H2,2-3H3. The van der Waals surface area contributed by atoms with Gasteiger partial charge in [0.15, 0.2) is 5.76 Å². The minimum atomic E-state index is 0.582. The molecule has 0 aliphatic carbocycles. The van der Waals surface area contributed by atoms with Crippen LogP contribution in [0.25, 0.3) is 11.5 Å². The van der Waals surface area contributed by atoms with Crippen molar-refractivity contribution in [2.24, 2.45) is 10.1 Å². The third kappa shape index (κ3) is 3.81. The summed E-state index contributed by atoms with van der Waals surface area (Å²) >= 11 is 1.54. The van der Waals surface area contributed by atoms with Crippen LogP contribution in [0.1, 0.15) is 18.1 Å². The Bertz CT molecular complexity index is 912. The Morgan fingerprint density at radius 2 is 2.08 bits per heavy atom. The van der Waals surface area contributed by atoms with Crippen LogP contribution in [-0.4, -0.2) is 17.4 Å². The fraction of sp³-hybridized carbons (Fsp3) is 0.158. The van der Waals surface area contributed by atoms with Gasteiger partial charge in [0.1, 0.15) is 5.69 Å². The smallest absolute Gasteiger partial charge is 0.206 e. The van der Waals surface area contributed by atoms with Gasteiger partial charge in [-0.3, -0.25) is 4.99 Å². The van der Waals surface area contributed by atoms with Crippen LogP contribution >= 0.6 is 11.3 Å². The van der Waals surface area contributed by atoms with E-state index in [0.717, 1.165) is 27.4 Å². The van der Waals surface area contributed by atoms with Crippen LogP contribution in [-0.2, 0) is 0 Å². The Balaban J connectivity index is 2.02. The lowest BCUT2D eigenvalue weighted by Gasteiger charge is -2.01. The molecule has 122 valence electrons. The fourth-order valence-corrected chi connectivity index (χ4v) is 2.91. The van der Waals surface area contributed by atoms with Crippen LogP contribution in [0.15, 0.2) is 74.7 Å². The SMILES string of the molecule is C=C(C)CN=c1scc(-c2ccco2)n1N=Cc1ccc(C)cc1. The van der Waals surface area contributed by atoms with Gasteiger partial charge in [0.05, 0.1) is 19.0 Å². The predicted octanol–water partition coefficient (Wildman–Crippen LogP) is 4.48. The molecular weight excluding hydrogens is 318 g/mol. The first-order valence-electron chi connectivity index (χ1n) is 7.64. The van der Waals surface area contributed by atoms with Crippen LogP contribution in [0.2, 0.25) is 0 Å². The van der Waals surface area contributed by atoms with Crippen molar-refractivity contribution in [3.63, 3.8) is 0 Å². The van der Waals surface area contributed by atoms with Gasteiger partial charge in [-0.15, -0.1) is 11.3 Å². The van der Waals surface area contributed by atoms with E-state index in [4.69, 9.17) is 4.42 Å². The van der Waals surface area contributed by atoms with Crippen LogP contribution in [0.4, 0.5) is 0 Å². The molecule has 0 spiro atoms. The van der Waals surface area contributed by atoms with Gasteiger partial charge in [0, 0.05) is 5.38 Å². The van der Waals surface area contributed by atoms with Crippen molar-refractivity contribution >= 4 is 17.6 Å². The number of hydrogen-bond donors (Lipinski definition) is 0. The highest BCUT2D eigenvalue weighted by molar-refractivity contribution is 7.07. The lowest BCUT2D eigenvalue weighted by molar-refractivity contribution is 0.575. The number of thiazole rings is 1. The monoisotopic (exact) mass is 337 g/mol. The Morgan fingerprint density at radius 3 is 2.75 bits per heavy atom. The average Bonchev–Trinajstić information content (AvgIpc) is 3.21. The maximum atomic E-state index is 5.52. The summed E-state index contributed by atoms with van der Waals surface area (Å²) in [5.41, 5.74) is 4.16. The first-order chi connectivity index (χ1) is 11.6. The summed E-state index contributed by atoms with van der Waals surface area (Å²) in [6.45, 7) is 8.51. The van der Waals surface area contributed by atoms with Gasteiger partial charge in [-0.1, -0.05) is 42.0 Å². The van der Waals surface area contributed by atoms with Gasteiger partial charge < -0.3 is 4.42 Å². The van der Waals surface area contributed by atoms with Gasteiger partial charge in [0.25, 0.3) is 0 Å². The van der Waals surface area contributed by atoms with E-state index in [1.165, 1.54) is 16.9 Å². The number of rotatable bonds is 5. The summed E-state index contributed by atoms with van der Waals surface area (Å²) in [7, 11) is 0. The number of benzene rings is 1. The minimum absolute atomic E-state index is 0.582. The topological polar surface area (TPSA) is 42.8 Å². The first kappa shape index (κ1) is 16.2. The molecule has 0 amide bonds. The third-order valence-electron chi connectivity index (χ3n) is 3.34. The highest BCUT2D eigenvalue weighted by atomic mass is 32.1. The summed E-state index contributed by atoms with van der Waals surface area (Å²) < 4.78 is 7.33. The zero-order valence-corrected chi connectivity index (χ0v) is 14.6. The predicted molar refractivity (Wildman–Crippen MR) is 99.4 cm³/mol. The van der Waals surface area contributed by atoms with Crippen LogP contribution in [0, 0.1) is 6.92 Å². The van der Waals surface area contributed by atoms with Crippen LogP contribution < -0.4 is 4.80 Å². The highest BCUT2D eigenvalue weighted by Crippen LogP contribution is 2.20. The molecule has 0 aliphatic heterocycles. The Labute approximate surface area is 145 Å². The summed E-state index contributed by atoms with van der Waals surface area (Å²) in [5.74, 6) is 0.768. The van der Waals surface area contributed by atoms with Gasteiger partial charge in [-0.05, 0) is 31.5 Å². The summed E-state index contributed by atoms with van der Waals surface area (Å²) in [5, 5.41) is 6.62. The molecule has 24 heavy (non-hydrogen) atoms. The molecule has 0 aliphatic rings. The fourth-order valence-electron chi connectivity index (χ4n) is 2.09. The van der Waals surface area contributed by atoms with Gasteiger partial charge in [-0.2, -0.15) is 5.10 Å². The maximum absolute atomic E-state index is 5.52. The number of aryl methyl sites for hydroxylation is 1. The molecule has 0 saturated heterocycles. The van der Waals surface area contributed by atoms with Crippen molar-refractivity contribution in [1.82, 2.24) is 4.68 Å². The molecular formula is C19H19N3OS. The Morgan fingerprint density at radius 1 is 1.29 bits per heavy atom. The molecule has 0 N–H and O–H groups in total. The molecule has 0 saturated carbocycles. The molecule has 0 bridgehead atoms. The second kappa shape index (κ2) is 7.27. The maximum Gasteiger partial charge on any atom is 0.206 e. The molecule has 0 unspecified atom stereocenters. The molecule has 0 fully saturated rings. The van der Waals surface area contributed by atoms with Crippen molar-refractivity contribution < 1.29 is 4.42 Å². The number of furan rings is 1. The zero-order chi connectivity index (χ0) is 16.9. The lowest BCUT2D eigenvalue weighted by Crippen LogP contribution is -2.12. The summed E-state index contributed by atoms with van der Waals surface area (Å²) in [4.78, 5) is 5.40. The number of hydrogen-bond acceptors (Lipinski definition) is 4. The van der Waals surface area contributed by atoms with Crippen molar-refractivity contribution in [3.05, 3.63) is 76.1 Å². The van der Waals surface area contributed by atoms with E-state index >= 15 is 0 Å². The Hall–Kier alpha value is -2.66. The van der Waals surface area contributed by atoms with Gasteiger partial charge in [-0.25, -0.2) is 4.68 Å². The number of nitrogens with zero attached hydrogens (tertiary/aromatic N) is 3. The van der Waals surface area contributed by atoms with Crippen molar-refractivity contribution in [1.29, 1.82) is 0 Å². The summed E-state index contributed by atoms with van der Waals surface area (Å²) in [6, 6.07) is 12.0. The minimum Gasteiger partial charge on any atom is -0.463 e. The molecule has 5 heteroatoms. The quantitative estimate of drug-likeness (QED) is 0.500. The highest BCUT2D eigenvalue weighted by Gasteiger charge is 2.09. The lowest BCUT2D eigenvalue weighted by atomic mass is 10.2. The van der Waals surface area contributed by atoms with Crippen molar-refractivity contribution in [3.8, 4) is 11.5 Å². The van der Waals surface area contributed by atoms with Crippen molar-refractivity contribution in [2.45, 2.75) is 13.8 Å². The van der Waals surface area contributed by atoms with Crippen LogP contribution in [0.5, 0.6) is 0 Å².